The molecule has 1 aliphatic heterocycles. The zero-order valence-corrected chi connectivity index (χ0v) is 9.76. The van der Waals surface area contributed by atoms with E-state index in [1.807, 2.05) is 6.07 Å². The number of nitrogens with one attached hydrogen (secondary N) is 1. The smallest absolute Gasteiger partial charge is 0.0968 e. The van der Waals surface area contributed by atoms with Gasteiger partial charge in [-0.15, -0.1) is 12.4 Å². The van der Waals surface area contributed by atoms with Crippen LogP contribution in [0.15, 0.2) is 35.3 Å². The minimum absolute atomic E-state index is 0. The molecule has 1 aromatic carbocycles. The highest BCUT2D eigenvalue weighted by molar-refractivity contribution is 5.85. The third-order valence-electron chi connectivity index (χ3n) is 2.56. The predicted octanol–water partition coefficient (Wildman–Crippen LogP) is 2.95. The van der Waals surface area contributed by atoms with E-state index in [1.165, 1.54) is 17.8 Å². The number of nitrogens with zero attached hydrogens (tertiary/aromatic N) is 1. The maximum Gasteiger partial charge on any atom is 0.0968 e. The fraction of sp³-hybridized carbons (Fsp3) is 0.417. The molecule has 0 amide bonds. The van der Waals surface area contributed by atoms with Crippen LogP contribution in [-0.2, 0) is 0 Å². The molecule has 82 valence electrons. The van der Waals surface area contributed by atoms with Gasteiger partial charge in [0, 0.05) is 19.0 Å². The van der Waals surface area contributed by atoms with E-state index in [9.17, 15) is 0 Å². The third-order valence-corrected chi connectivity index (χ3v) is 2.56. The molecule has 0 bridgehead atoms. The SMILES string of the molecule is CC(NC1=NCCC1)c1ccccc1.Cl. The summed E-state index contributed by atoms with van der Waals surface area (Å²) in [5.41, 5.74) is 1.32. The molecule has 1 aromatic rings. The van der Waals surface area contributed by atoms with E-state index < -0.39 is 0 Å². The summed E-state index contributed by atoms with van der Waals surface area (Å²) < 4.78 is 0. The van der Waals surface area contributed by atoms with Gasteiger partial charge in [0.1, 0.15) is 0 Å². The molecule has 0 fully saturated rings. The van der Waals surface area contributed by atoms with Crippen molar-refractivity contribution in [2.24, 2.45) is 4.99 Å². The van der Waals surface area contributed by atoms with Crippen molar-refractivity contribution in [3.8, 4) is 0 Å². The summed E-state index contributed by atoms with van der Waals surface area (Å²) in [6, 6.07) is 10.9. The Morgan fingerprint density at radius 2 is 2.00 bits per heavy atom. The van der Waals surface area contributed by atoms with E-state index >= 15 is 0 Å². The quantitative estimate of drug-likeness (QED) is 0.821. The first-order chi connectivity index (χ1) is 6.86. The highest BCUT2D eigenvalue weighted by Gasteiger charge is 2.10. The van der Waals surface area contributed by atoms with Crippen molar-refractivity contribution in [3.63, 3.8) is 0 Å². The lowest BCUT2D eigenvalue weighted by molar-refractivity contribution is 0.709. The lowest BCUT2D eigenvalue weighted by atomic mass is 10.1. The average molecular weight is 225 g/mol. The molecule has 0 aliphatic carbocycles. The molecule has 1 aliphatic rings. The van der Waals surface area contributed by atoms with Gasteiger partial charge in [-0.2, -0.15) is 0 Å². The molecule has 0 spiro atoms. The average Bonchev–Trinajstić information content (AvgIpc) is 2.72. The number of aliphatic imine (C=N–C) groups is 1. The van der Waals surface area contributed by atoms with Gasteiger partial charge in [-0.05, 0) is 18.9 Å². The number of rotatable bonds is 2. The fourth-order valence-electron chi connectivity index (χ4n) is 1.73. The van der Waals surface area contributed by atoms with Gasteiger partial charge in [-0.25, -0.2) is 0 Å². The van der Waals surface area contributed by atoms with Crippen LogP contribution in [-0.4, -0.2) is 12.4 Å². The zero-order chi connectivity index (χ0) is 9.80. The molecule has 0 saturated heterocycles. The van der Waals surface area contributed by atoms with E-state index in [4.69, 9.17) is 0 Å². The summed E-state index contributed by atoms with van der Waals surface area (Å²) in [5.74, 6) is 1.17. The Kier molecular flexibility index (Phi) is 4.63. The molecular formula is C12H17ClN2. The van der Waals surface area contributed by atoms with Gasteiger partial charge in [-0.1, -0.05) is 30.3 Å². The van der Waals surface area contributed by atoms with Crippen molar-refractivity contribution in [2.75, 3.05) is 6.54 Å². The van der Waals surface area contributed by atoms with Gasteiger partial charge in [0.05, 0.1) is 5.84 Å². The van der Waals surface area contributed by atoms with Crippen LogP contribution < -0.4 is 5.32 Å². The summed E-state index contributed by atoms with van der Waals surface area (Å²) >= 11 is 0. The summed E-state index contributed by atoms with van der Waals surface area (Å²) in [6.45, 7) is 3.17. The maximum absolute atomic E-state index is 4.41. The first-order valence-corrected chi connectivity index (χ1v) is 5.21. The van der Waals surface area contributed by atoms with E-state index in [-0.39, 0.29) is 12.4 Å². The van der Waals surface area contributed by atoms with E-state index in [1.54, 1.807) is 0 Å². The Balaban J connectivity index is 0.00000112. The standard InChI is InChI=1S/C12H16N2.ClH/c1-10(11-6-3-2-4-7-11)14-12-8-5-9-13-12;/h2-4,6-7,10H,5,8-9H2,1H3,(H,13,14);1H. The molecule has 0 radical (unpaired) electrons. The second kappa shape index (κ2) is 5.76. The highest BCUT2D eigenvalue weighted by Crippen LogP contribution is 2.13. The largest absolute Gasteiger partial charge is 0.367 e. The lowest BCUT2D eigenvalue weighted by Gasteiger charge is -2.14. The topological polar surface area (TPSA) is 24.4 Å². The third kappa shape index (κ3) is 3.24. The fourth-order valence-corrected chi connectivity index (χ4v) is 1.73. The Bertz CT molecular complexity index is 322. The molecule has 0 aromatic heterocycles. The predicted molar refractivity (Wildman–Crippen MR) is 66.8 cm³/mol. The molecule has 1 atom stereocenters. The van der Waals surface area contributed by atoms with Gasteiger partial charge < -0.3 is 5.32 Å². The van der Waals surface area contributed by atoms with Gasteiger partial charge in [-0.3, -0.25) is 4.99 Å². The molecule has 3 heteroatoms. The van der Waals surface area contributed by atoms with Crippen LogP contribution >= 0.6 is 12.4 Å². The van der Waals surface area contributed by atoms with Gasteiger partial charge in [0.15, 0.2) is 0 Å². The van der Waals surface area contributed by atoms with Crippen LogP contribution in [0.5, 0.6) is 0 Å². The lowest BCUT2D eigenvalue weighted by Crippen LogP contribution is -2.24. The molecule has 0 saturated carbocycles. The van der Waals surface area contributed by atoms with Crippen molar-refractivity contribution in [2.45, 2.75) is 25.8 Å². The molecule has 2 nitrogen and oxygen atoms in total. The second-order valence-corrected chi connectivity index (χ2v) is 3.71. The molecule has 2 rings (SSSR count). The number of halogens is 1. The van der Waals surface area contributed by atoms with Crippen LogP contribution in [0.4, 0.5) is 0 Å². The molecule has 15 heavy (non-hydrogen) atoms. The van der Waals surface area contributed by atoms with Gasteiger partial charge in [0.25, 0.3) is 0 Å². The highest BCUT2D eigenvalue weighted by atomic mass is 35.5. The summed E-state index contributed by atoms with van der Waals surface area (Å²) in [4.78, 5) is 4.41. The first kappa shape index (κ1) is 12.1. The number of amidine groups is 1. The Morgan fingerprint density at radius 1 is 1.27 bits per heavy atom. The molecule has 1 heterocycles. The molecule has 1 N–H and O–H groups in total. The van der Waals surface area contributed by atoms with Crippen molar-refractivity contribution in [1.29, 1.82) is 0 Å². The van der Waals surface area contributed by atoms with Crippen LogP contribution in [0.2, 0.25) is 0 Å². The van der Waals surface area contributed by atoms with Crippen molar-refractivity contribution in [3.05, 3.63) is 35.9 Å². The van der Waals surface area contributed by atoms with Crippen LogP contribution in [0.3, 0.4) is 0 Å². The van der Waals surface area contributed by atoms with Crippen LogP contribution in [0.1, 0.15) is 31.4 Å². The second-order valence-electron chi connectivity index (χ2n) is 3.71. The van der Waals surface area contributed by atoms with Crippen molar-refractivity contribution in [1.82, 2.24) is 5.32 Å². The van der Waals surface area contributed by atoms with Crippen LogP contribution in [0, 0.1) is 0 Å². The zero-order valence-electron chi connectivity index (χ0n) is 8.94. The Labute approximate surface area is 97.2 Å². The summed E-state index contributed by atoms with van der Waals surface area (Å²) in [5, 5.41) is 3.45. The van der Waals surface area contributed by atoms with E-state index in [0.29, 0.717) is 6.04 Å². The Morgan fingerprint density at radius 3 is 2.60 bits per heavy atom. The van der Waals surface area contributed by atoms with Crippen molar-refractivity contribution >= 4 is 18.2 Å². The van der Waals surface area contributed by atoms with Gasteiger partial charge >= 0.3 is 0 Å². The number of benzene rings is 1. The summed E-state index contributed by atoms with van der Waals surface area (Å²) in [7, 11) is 0. The van der Waals surface area contributed by atoms with Gasteiger partial charge in [0.2, 0.25) is 0 Å². The number of hydrogen-bond acceptors (Lipinski definition) is 2. The maximum atomic E-state index is 4.41. The molecule has 1 unspecified atom stereocenters. The minimum atomic E-state index is 0. The van der Waals surface area contributed by atoms with Crippen molar-refractivity contribution < 1.29 is 0 Å². The van der Waals surface area contributed by atoms with E-state index in [2.05, 4.69) is 41.5 Å². The molecular weight excluding hydrogens is 208 g/mol. The van der Waals surface area contributed by atoms with E-state index in [0.717, 1.165) is 13.0 Å². The Hall–Kier alpha value is -1.02. The first-order valence-electron chi connectivity index (χ1n) is 5.21. The monoisotopic (exact) mass is 224 g/mol. The minimum Gasteiger partial charge on any atom is -0.367 e. The number of hydrogen-bond donors (Lipinski definition) is 1. The normalized spacial score (nSPS) is 16.5. The van der Waals surface area contributed by atoms with Crippen LogP contribution in [0.25, 0.3) is 0 Å². The summed E-state index contributed by atoms with van der Waals surface area (Å²) in [6.07, 6.45) is 2.31.